The Balaban J connectivity index is 1.38. The Bertz CT molecular complexity index is 1110. The first-order valence-corrected chi connectivity index (χ1v) is 9.46. The predicted octanol–water partition coefficient (Wildman–Crippen LogP) is 2.44. The molecule has 3 heterocycles. The number of amides is 5. The number of carbonyl (C=O) groups excluding carboxylic acids is 3. The fraction of sp³-hybridized carbons (Fsp3) is 0.238. The highest BCUT2D eigenvalue weighted by Crippen LogP contribution is 2.25. The van der Waals surface area contributed by atoms with Crippen molar-refractivity contribution in [2.24, 2.45) is 0 Å². The molecule has 30 heavy (non-hydrogen) atoms. The minimum atomic E-state index is -1.14. The zero-order valence-corrected chi connectivity index (χ0v) is 16.5. The van der Waals surface area contributed by atoms with Gasteiger partial charge in [0.2, 0.25) is 0 Å². The summed E-state index contributed by atoms with van der Waals surface area (Å²) in [6.45, 7) is 3.71. The molecule has 0 aliphatic carbocycles. The van der Waals surface area contributed by atoms with E-state index in [-0.39, 0.29) is 18.6 Å². The molecule has 5 amide bonds. The number of hydrogen-bond donors (Lipinski definition) is 4. The molecule has 1 aliphatic rings. The van der Waals surface area contributed by atoms with Crippen LogP contribution < -0.4 is 21.3 Å². The first-order chi connectivity index (χ1) is 14.3. The first-order valence-electron chi connectivity index (χ1n) is 9.46. The lowest BCUT2D eigenvalue weighted by atomic mass is 9.91. The van der Waals surface area contributed by atoms with Gasteiger partial charge in [0.05, 0.1) is 6.04 Å². The molecule has 154 valence electrons. The van der Waals surface area contributed by atoms with Crippen LogP contribution in [0.15, 0.2) is 53.2 Å². The summed E-state index contributed by atoms with van der Waals surface area (Å²) >= 11 is 0. The number of pyridine rings is 1. The number of nitrogens with one attached hydrogen (secondary N) is 4. The fourth-order valence-electron chi connectivity index (χ4n) is 3.36. The lowest BCUT2D eigenvalue weighted by Crippen LogP contribution is -2.40. The van der Waals surface area contributed by atoms with Gasteiger partial charge in [-0.05, 0) is 37.1 Å². The van der Waals surface area contributed by atoms with E-state index >= 15 is 0 Å². The maximum absolute atomic E-state index is 12.3. The molecule has 2 aromatic heterocycles. The third kappa shape index (κ3) is 3.69. The van der Waals surface area contributed by atoms with Crippen LogP contribution in [0.2, 0.25) is 0 Å². The average molecular weight is 407 g/mol. The zero-order chi connectivity index (χ0) is 21.3. The molecular weight excluding hydrogens is 386 g/mol. The third-order valence-electron chi connectivity index (χ3n) is 5.11. The van der Waals surface area contributed by atoms with E-state index in [0.717, 1.165) is 10.9 Å². The number of imide groups is 1. The summed E-state index contributed by atoms with van der Waals surface area (Å²) in [6, 6.07) is 9.54. The summed E-state index contributed by atoms with van der Waals surface area (Å²) in [7, 11) is 0. The maximum Gasteiger partial charge on any atom is 0.322 e. The SMILES string of the molecule is CC(NC(=O)NCc1cccc(C2(C)NC(=O)NC2=O)c1)c1cc2cnccc2o1. The number of benzene rings is 1. The lowest BCUT2D eigenvalue weighted by molar-refractivity contribution is -0.123. The van der Waals surface area contributed by atoms with Crippen molar-refractivity contribution in [2.75, 3.05) is 0 Å². The van der Waals surface area contributed by atoms with Gasteiger partial charge in [0.1, 0.15) is 16.9 Å². The topological polar surface area (TPSA) is 125 Å². The summed E-state index contributed by atoms with van der Waals surface area (Å²) in [6.07, 6.45) is 3.35. The molecule has 2 atom stereocenters. The molecule has 1 saturated heterocycles. The molecule has 3 aromatic rings. The minimum absolute atomic E-state index is 0.252. The van der Waals surface area contributed by atoms with Gasteiger partial charge in [-0.15, -0.1) is 0 Å². The van der Waals surface area contributed by atoms with Crippen LogP contribution in [0.4, 0.5) is 9.59 Å². The second-order valence-electron chi connectivity index (χ2n) is 7.34. The Hall–Kier alpha value is -3.88. The number of fused-ring (bicyclic) bond motifs is 1. The Labute approximate surface area is 172 Å². The second kappa shape index (κ2) is 7.51. The summed E-state index contributed by atoms with van der Waals surface area (Å²) in [5.74, 6) is 0.219. The number of hydrogen-bond acceptors (Lipinski definition) is 5. The maximum atomic E-state index is 12.3. The molecule has 1 aliphatic heterocycles. The Kier molecular flexibility index (Phi) is 4.86. The average Bonchev–Trinajstić information content (AvgIpc) is 3.27. The molecule has 0 saturated carbocycles. The highest BCUT2D eigenvalue weighted by molar-refractivity contribution is 6.07. The van der Waals surface area contributed by atoms with Crippen LogP contribution in [0.5, 0.6) is 0 Å². The summed E-state index contributed by atoms with van der Waals surface area (Å²) in [4.78, 5) is 40.0. The molecule has 4 rings (SSSR count). The fourth-order valence-corrected chi connectivity index (χ4v) is 3.36. The lowest BCUT2D eigenvalue weighted by Gasteiger charge is -2.21. The highest BCUT2D eigenvalue weighted by atomic mass is 16.3. The number of carbonyl (C=O) groups is 3. The van der Waals surface area contributed by atoms with Crippen LogP contribution >= 0.6 is 0 Å². The molecule has 4 N–H and O–H groups in total. The highest BCUT2D eigenvalue weighted by Gasteiger charge is 2.43. The molecule has 9 heteroatoms. The van der Waals surface area contributed by atoms with Gasteiger partial charge in [-0.2, -0.15) is 0 Å². The number of urea groups is 2. The van der Waals surface area contributed by atoms with Crippen molar-refractivity contribution in [3.63, 3.8) is 0 Å². The summed E-state index contributed by atoms with van der Waals surface area (Å²) in [5, 5.41) is 11.4. The van der Waals surface area contributed by atoms with Gasteiger partial charge < -0.3 is 20.4 Å². The van der Waals surface area contributed by atoms with Crippen molar-refractivity contribution >= 4 is 28.9 Å². The van der Waals surface area contributed by atoms with Crippen LogP contribution in [0.3, 0.4) is 0 Å². The van der Waals surface area contributed by atoms with E-state index < -0.39 is 17.5 Å². The van der Waals surface area contributed by atoms with Gasteiger partial charge in [-0.3, -0.25) is 15.1 Å². The number of rotatable bonds is 5. The molecule has 9 nitrogen and oxygen atoms in total. The first kappa shape index (κ1) is 19.4. The zero-order valence-electron chi connectivity index (χ0n) is 16.5. The van der Waals surface area contributed by atoms with E-state index in [1.54, 1.807) is 43.6 Å². The van der Waals surface area contributed by atoms with E-state index in [1.807, 2.05) is 19.1 Å². The van der Waals surface area contributed by atoms with Gasteiger partial charge in [-0.1, -0.05) is 24.3 Å². The van der Waals surface area contributed by atoms with Crippen LogP contribution in [-0.4, -0.2) is 23.0 Å². The summed E-state index contributed by atoms with van der Waals surface area (Å²) in [5.41, 5.74) is 0.998. The van der Waals surface area contributed by atoms with Crippen LogP contribution in [-0.2, 0) is 16.9 Å². The summed E-state index contributed by atoms with van der Waals surface area (Å²) < 4.78 is 5.74. The number of nitrogens with zero attached hydrogens (tertiary/aromatic N) is 1. The molecular formula is C21H21N5O4. The van der Waals surface area contributed by atoms with Gasteiger partial charge in [0.15, 0.2) is 0 Å². The minimum Gasteiger partial charge on any atom is -0.459 e. The van der Waals surface area contributed by atoms with Gasteiger partial charge in [-0.25, -0.2) is 9.59 Å². The molecule has 0 spiro atoms. The van der Waals surface area contributed by atoms with Crippen LogP contribution in [0, 0.1) is 0 Å². The van der Waals surface area contributed by atoms with Crippen molar-refractivity contribution in [3.8, 4) is 0 Å². The van der Waals surface area contributed by atoms with Crippen molar-refractivity contribution in [3.05, 3.63) is 65.7 Å². The molecule has 1 fully saturated rings. The van der Waals surface area contributed by atoms with Crippen molar-refractivity contribution in [1.82, 2.24) is 26.3 Å². The van der Waals surface area contributed by atoms with Crippen LogP contribution in [0.1, 0.15) is 36.8 Å². The smallest absolute Gasteiger partial charge is 0.322 e. The van der Waals surface area contributed by atoms with Gasteiger partial charge in [0.25, 0.3) is 5.91 Å². The monoisotopic (exact) mass is 407 g/mol. The normalized spacial score (nSPS) is 19.3. The van der Waals surface area contributed by atoms with E-state index in [2.05, 4.69) is 26.3 Å². The van der Waals surface area contributed by atoms with Gasteiger partial charge in [0, 0.05) is 24.3 Å². The molecule has 0 bridgehead atoms. The van der Waals surface area contributed by atoms with E-state index in [0.29, 0.717) is 16.9 Å². The van der Waals surface area contributed by atoms with E-state index in [1.165, 1.54) is 0 Å². The second-order valence-corrected chi connectivity index (χ2v) is 7.34. The predicted molar refractivity (Wildman–Crippen MR) is 108 cm³/mol. The molecule has 2 unspecified atom stereocenters. The quantitative estimate of drug-likeness (QED) is 0.484. The Morgan fingerprint density at radius 1 is 1.27 bits per heavy atom. The Morgan fingerprint density at radius 2 is 2.10 bits per heavy atom. The van der Waals surface area contributed by atoms with Crippen molar-refractivity contribution in [2.45, 2.75) is 32.0 Å². The van der Waals surface area contributed by atoms with Crippen molar-refractivity contribution in [1.29, 1.82) is 0 Å². The third-order valence-corrected chi connectivity index (χ3v) is 5.11. The van der Waals surface area contributed by atoms with E-state index in [9.17, 15) is 14.4 Å². The number of furan rings is 1. The van der Waals surface area contributed by atoms with Gasteiger partial charge >= 0.3 is 12.1 Å². The van der Waals surface area contributed by atoms with Crippen molar-refractivity contribution < 1.29 is 18.8 Å². The Morgan fingerprint density at radius 3 is 2.83 bits per heavy atom. The molecule has 0 radical (unpaired) electrons. The molecule has 1 aromatic carbocycles. The van der Waals surface area contributed by atoms with E-state index in [4.69, 9.17) is 4.42 Å². The standard InChI is InChI=1S/C21H21N5O4/c1-12(17-9-14-11-22-7-6-16(14)30-17)24-19(28)23-10-13-4-3-5-15(8-13)21(2)18(27)25-20(29)26-21/h3-9,11-12H,10H2,1-2H3,(H2,23,24,28)(H2,25,26,27,29). The van der Waals surface area contributed by atoms with Crippen LogP contribution in [0.25, 0.3) is 11.0 Å². The number of aromatic nitrogens is 1. The largest absolute Gasteiger partial charge is 0.459 e.